The molecule has 3 aromatic rings. The molecule has 0 aliphatic heterocycles. The highest BCUT2D eigenvalue weighted by Gasteiger charge is 2.61. The van der Waals surface area contributed by atoms with Gasteiger partial charge in [0.1, 0.15) is 5.69 Å². The largest absolute Gasteiger partial charge is 0.459 e. The minimum Gasteiger partial charge on any atom is -0.399 e. The highest BCUT2D eigenvalue weighted by molar-refractivity contribution is 5.68. The van der Waals surface area contributed by atoms with Crippen LogP contribution in [0.5, 0.6) is 0 Å². The molecule has 0 spiro atoms. The number of rotatable bonds is 4. The lowest BCUT2D eigenvalue weighted by atomic mass is 9.97. The van der Waals surface area contributed by atoms with Crippen LogP contribution in [-0.4, -0.2) is 16.0 Å². The second-order valence-corrected chi connectivity index (χ2v) is 7.65. The Balaban J connectivity index is 2.26. The van der Waals surface area contributed by atoms with E-state index in [1.807, 2.05) is 0 Å². The molecule has 35 heavy (non-hydrogen) atoms. The predicted molar refractivity (Wildman–Crippen MR) is 102 cm³/mol. The van der Waals surface area contributed by atoms with Crippen LogP contribution >= 0.6 is 0 Å². The van der Waals surface area contributed by atoms with Crippen LogP contribution in [0.3, 0.4) is 0 Å². The van der Waals surface area contributed by atoms with E-state index in [-0.39, 0.29) is 18.2 Å². The summed E-state index contributed by atoms with van der Waals surface area (Å²) in [5.74, 6) is -5.68. The molecule has 0 amide bonds. The third kappa shape index (κ3) is 5.35. The molecule has 0 fully saturated rings. The Bertz CT molecular complexity index is 1200. The monoisotopic (exact) mass is 517 g/mol. The van der Waals surface area contributed by atoms with E-state index in [9.17, 15) is 48.3 Å². The Labute approximate surface area is 190 Å². The Morgan fingerprint density at radius 3 is 1.80 bits per heavy atom. The lowest BCUT2D eigenvalue weighted by molar-refractivity contribution is -0.290. The third-order valence-corrected chi connectivity index (χ3v) is 4.99. The fourth-order valence-electron chi connectivity index (χ4n) is 3.21. The summed E-state index contributed by atoms with van der Waals surface area (Å²) >= 11 is 0. The van der Waals surface area contributed by atoms with Gasteiger partial charge in [0.25, 0.3) is 0 Å². The second kappa shape index (κ2) is 8.41. The number of hydrogen-bond donors (Lipinski definition) is 1. The molecule has 3 nitrogen and oxygen atoms in total. The number of nitrogen functional groups attached to an aromatic ring is 1. The molecule has 0 unspecified atom stereocenters. The number of aryl methyl sites for hydroxylation is 1. The van der Waals surface area contributed by atoms with Crippen LogP contribution in [-0.2, 0) is 24.8 Å². The van der Waals surface area contributed by atoms with Crippen molar-refractivity contribution in [1.82, 2.24) is 9.78 Å². The van der Waals surface area contributed by atoms with E-state index in [0.717, 1.165) is 0 Å². The molecule has 0 bridgehead atoms. The van der Waals surface area contributed by atoms with Gasteiger partial charge in [0.2, 0.25) is 0 Å². The average molecular weight is 517 g/mol. The summed E-state index contributed by atoms with van der Waals surface area (Å²) in [5, 5.41) is 3.21. The molecule has 2 aromatic carbocycles. The van der Waals surface area contributed by atoms with Gasteiger partial charge in [-0.1, -0.05) is 12.1 Å². The SMILES string of the molecule is Cc1cc(Cn2cc(-c3cc(C(F)(F)F)cc(C(F)(F)F)c3)c(C(F)(F)C(F)(F)F)n2)ccc1N. The Morgan fingerprint density at radius 1 is 0.800 bits per heavy atom. The number of hydrogen-bond acceptors (Lipinski definition) is 2. The Kier molecular flexibility index (Phi) is 6.32. The molecule has 14 heteroatoms. The van der Waals surface area contributed by atoms with Crippen molar-refractivity contribution >= 4 is 5.69 Å². The molecule has 1 aromatic heterocycles. The minimum absolute atomic E-state index is 0.0555. The smallest absolute Gasteiger partial charge is 0.399 e. The summed E-state index contributed by atoms with van der Waals surface area (Å²) in [6, 6.07) is 4.12. The van der Waals surface area contributed by atoms with Crippen molar-refractivity contribution in [1.29, 1.82) is 0 Å². The van der Waals surface area contributed by atoms with Gasteiger partial charge in [0, 0.05) is 17.4 Å². The molecule has 0 aliphatic rings. The Hall–Kier alpha value is -3.32. The molecule has 0 saturated carbocycles. The maximum absolute atomic E-state index is 14.3. The molecule has 0 radical (unpaired) electrons. The van der Waals surface area contributed by atoms with Crippen LogP contribution in [0.25, 0.3) is 11.1 Å². The third-order valence-electron chi connectivity index (χ3n) is 4.99. The molecule has 0 atom stereocenters. The van der Waals surface area contributed by atoms with E-state index < -0.39 is 58.9 Å². The summed E-state index contributed by atoms with van der Waals surface area (Å²) in [7, 11) is 0. The van der Waals surface area contributed by atoms with Crippen molar-refractivity contribution in [3.63, 3.8) is 0 Å². The number of nitrogens with zero attached hydrogens (tertiary/aromatic N) is 2. The number of benzene rings is 2. The summed E-state index contributed by atoms with van der Waals surface area (Å²) in [6.45, 7) is 1.16. The lowest BCUT2D eigenvalue weighted by Crippen LogP contribution is -2.34. The molecule has 3 rings (SSSR count). The fourth-order valence-corrected chi connectivity index (χ4v) is 3.21. The Morgan fingerprint density at radius 2 is 1.34 bits per heavy atom. The van der Waals surface area contributed by atoms with Gasteiger partial charge in [-0.3, -0.25) is 4.68 Å². The lowest BCUT2D eigenvalue weighted by Gasteiger charge is -2.19. The van der Waals surface area contributed by atoms with Gasteiger partial charge in [0.05, 0.1) is 17.7 Å². The van der Waals surface area contributed by atoms with E-state index in [2.05, 4.69) is 5.10 Å². The second-order valence-electron chi connectivity index (χ2n) is 7.65. The zero-order valence-corrected chi connectivity index (χ0v) is 17.4. The predicted octanol–water partition coefficient (Wildman–Crippen LogP) is 7.18. The van der Waals surface area contributed by atoms with Crippen LogP contribution in [0.15, 0.2) is 42.6 Å². The van der Waals surface area contributed by atoms with Crippen molar-refractivity contribution in [2.45, 2.75) is 37.9 Å². The molecular weight excluding hydrogens is 503 g/mol. The van der Waals surface area contributed by atoms with Gasteiger partial charge in [-0.2, -0.15) is 53.4 Å². The zero-order valence-electron chi connectivity index (χ0n) is 17.4. The number of aromatic nitrogens is 2. The van der Waals surface area contributed by atoms with E-state index in [0.29, 0.717) is 27.7 Å². The number of halogens is 11. The summed E-state index contributed by atoms with van der Waals surface area (Å²) in [5.41, 5.74) is -1.34. The summed E-state index contributed by atoms with van der Waals surface area (Å²) < 4.78 is 148. The first kappa shape index (κ1) is 26.3. The molecule has 2 N–H and O–H groups in total. The van der Waals surface area contributed by atoms with E-state index in [1.165, 1.54) is 18.2 Å². The maximum Gasteiger partial charge on any atom is 0.459 e. The van der Waals surface area contributed by atoms with Crippen LogP contribution in [0.1, 0.15) is 27.9 Å². The topological polar surface area (TPSA) is 43.8 Å². The number of nitrogens with two attached hydrogens (primary N) is 1. The van der Waals surface area contributed by atoms with Crippen molar-refractivity contribution in [3.8, 4) is 11.1 Å². The van der Waals surface area contributed by atoms with Gasteiger partial charge >= 0.3 is 24.5 Å². The normalized spacial score (nSPS) is 13.4. The average Bonchev–Trinajstić information content (AvgIpc) is 3.13. The minimum atomic E-state index is -6.23. The standard InChI is InChI=1S/C21H14F11N3/c1-10-4-11(2-3-16(10)33)8-35-9-15(17(34-35)18(22,23)21(30,31)32)12-5-13(19(24,25)26)7-14(6-12)20(27,28)29/h2-7,9H,8,33H2,1H3. The quantitative estimate of drug-likeness (QED) is 0.294. The van der Waals surface area contributed by atoms with Gasteiger partial charge in [-0.25, -0.2) is 0 Å². The summed E-state index contributed by atoms with van der Waals surface area (Å²) in [4.78, 5) is 0. The van der Waals surface area contributed by atoms with E-state index >= 15 is 0 Å². The zero-order chi connectivity index (χ0) is 26.6. The highest BCUT2D eigenvalue weighted by Crippen LogP contribution is 2.47. The highest BCUT2D eigenvalue weighted by atomic mass is 19.4. The number of anilines is 1. The summed E-state index contributed by atoms with van der Waals surface area (Å²) in [6.07, 6.45) is -16.4. The van der Waals surface area contributed by atoms with Crippen LogP contribution in [0, 0.1) is 6.92 Å². The molecular formula is C21H14F11N3. The van der Waals surface area contributed by atoms with Crippen molar-refractivity contribution in [3.05, 3.63) is 70.5 Å². The van der Waals surface area contributed by atoms with Gasteiger partial charge < -0.3 is 5.73 Å². The molecule has 0 aliphatic carbocycles. The van der Waals surface area contributed by atoms with Gasteiger partial charge in [0.15, 0.2) is 0 Å². The van der Waals surface area contributed by atoms with Crippen molar-refractivity contribution in [2.75, 3.05) is 5.73 Å². The van der Waals surface area contributed by atoms with Crippen LogP contribution in [0.2, 0.25) is 0 Å². The molecule has 190 valence electrons. The van der Waals surface area contributed by atoms with Crippen molar-refractivity contribution < 1.29 is 48.3 Å². The van der Waals surface area contributed by atoms with Crippen LogP contribution in [0.4, 0.5) is 54.0 Å². The van der Waals surface area contributed by atoms with Crippen molar-refractivity contribution in [2.24, 2.45) is 0 Å². The van der Waals surface area contributed by atoms with Gasteiger partial charge in [-0.15, -0.1) is 0 Å². The van der Waals surface area contributed by atoms with Crippen LogP contribution < -0.4 is 5.73 Å². The van der Waals surface area contributed by atoms with Gasteiger partial charge in [-0.05, 0) is 47.9 Å². The fraction of sp³-hybridized carbons (Fsp3) is 0.286. The van der Waals surface area contributed by atoms with E-state index in [4.69, 9.17) is 5.73 Å². The first-order valence-electron chi connectivity index (χ1n) is 9.48. The number of alkyl halides is 11. The first-order valence-corrected chi connectivity index (χ1v) is 9.48. The molecule has 1 heterocycles. The van der Waals surface area contributed by atoms with E-state index in [1.54, 1.807) is 6.92 Å². The maximum atomic E-state index is 14.3. The first-order chi connectivity index (χ1) is 15.8. The molecule has 0 saturated heterocycles.